The van der Waals surface area contributed by atoms with Crippen molar-refractivity contribution in [2.75, 3.05) is 7.05 Å². The summed E-state index contributed by atoms with van der Waals surface area (Å²) in [6.07, 6.45) is 2.06. The smallest absolute Gasteiger partial charge is 0.115 e. The Morgan fingerprint density at radius 2 is 1.95 bits per heavy atom. The maximum absolute atomic E-state index is 4.81. The number of benzene rings is 1. The van der Waals surface area contributed by atoms with Gasteiger partial charge in [-0.25, -0.2) is 4.98 Å². The highest BCUT2D eigenvalue weighted by atomic mass is 32.1. The average Bonchev–Trinajstić information content (AvgIpc) is 2.81. The van der Waals surface area contributed by atoms with Gasteiger partial charge in [-0.05, 0) is 37.9 Å². The predicted molar refractivity (Wildman–Crippen MR) is 83.0 cm³/mol. The molecule has 0 saturated carbocycles. The van der Waals surface area contributed by atoms with E-state index in [1.54, 1.807) is 0 Å². The van der Waals surface area contributed by atoms with Crippen LogP contribution in [0.5, 0.6) is 0 Å². The van der Waals surface area contributed by atoms with Crippen LogP contribution in [0.25, 0.3) is 0 Å². The van der Waals surface area contributed by atoms with Crippen LogP contribution in [-0.2, 0) is 12.8 Å². The van der Waals surface area contributed by atoms with Crippen molar-refractivity contribution in [2.24, 2.45) is 0 Å². The first kappa shape index (κ1) is 14.2. The summed E-state index contributed by atoms with van der Waals surface area (Å²) in [6, 6.07) is 8.85. The maximum Gasteiger partial charge on any atom is 0.115 e. The minimum absolute atomic E-state index is 0.208. The molecule has 1 atom stereocenters. The Hall–Kier alpha value is -1.19. The van der Waals surface area contributed by atoms with E-state index in [1.807, 2.05) is 18.4 Å². The van der Waals surface area contributed by atoms with Gasteiger partial charge in [-0.2, -0.15) is 0 Å². The van der Waals surface area contributed by atoms with Crippen LogP contribution >= 0.6 is 11.3 Å². The molecule has 0 spiro atoms. The van der Waals surface area contributed by atoms with Crippen molar-refractivity contribution in [1.29, 1.82) is 0 Å². The van der Waals surface area contributed by atoms with Gasteiger partial charge in [-0.15, -0.1) is 11.3 Å². The van der Waals surface area contributed by atoms with Gasteiger partial charge in [0.15, 0.2) is 0 Å². The van der Waals surface area contributed by atoms with E-state index < -0.39 is 0 Å². The van der Waals surface area contributed by atoms with Gasteiger partial charge in [-0.1, -0.05) is 38.1 Å². The van der Waals surface area contributed by atoms with Crippen LogP contribution in [0.3, 0.4) is 0 Å². The lowest BCUT2D eigenvalue weighted by atomic mass is 9.99. The average molecular weight is 274 g/mol. The Morgan fingerprint density at radius 3 is 2.53 bits per heavy atom. The second-order valence-electron chi connectivity index (χ2n) is 4.68. The minimum atomic E-state index is 0.208. The van der Waals surface area contributed by atoms with Gasteiger partial charge < -0.3 is 5.32 Å². The van der Waals surface area contributed by atoms with E-state index in [0.717, 1.165) is 12.8 Å². The van der Waals surface area contributed by atoms with Crippen LogP contribution in [0.2, 0.25) is 0 Å². The molecule has 0 fully saturated rings. The number of rotatable bonds is 5. The summed E-state index contributed by atoms with van der Waals surface area (Å²) >= 11 is 1.81. The minimum Gasteiger partial charge on any atom is -0.307 e. The van der Waals surface area contributed by atoms with E-state index in [4.69, 9.17) is 4.98 Å². The van der Waals surface area contributed by atoms with E-state index in [2.05, 4.69) is 50.4 Å². The first-order valence-corrected chi connectivity index (χ1v) is 7.74. The summed E-state index contributed by atoms with van der Waals surface area (Å²) in [5, 5.41) is 4.60. The monoisotopic (exact) mass is 274 g/mol. The van der Waals surface area contributed by atoms with Crippen LogP contribution in [-0.4, -0.2) is 12.0 Å². The summed E-state index contributed by atoms with van der Waals surface area (Å²) in [7, 11) is 2.01. The Balaban J connectivity index is 2.43. The lowest BCUT2D eigenvalue weighted by Crippen LogP contribution is -2.19. The third-order valence-electron chi connectivity index (χ3n) is 3.53. The van der Waals surface area contributed by atoms with Crippen molar-refractivity contribution in [3.8, 4) is 0 Å². The van der Waals surface area contributed by atoms with Gasteiger partial charge >= 0.3 is 0 Å². The molecule has 1 N–H and O–H groups in total. The second kappa shape index (κ2) is 6.31. The van der Waals surface area contributed by atoms with E-state index in [1.165, 1.54) is 26.7 Å². The molecule has 3 heteroatoms. The zero-order chi connectivity index (χ0) is 13.8. The van der Waals surface area contributed by atoms with E-state index in [9.17, 15) is 0 Å². The molecule has 2 rings (SSSR count). The molecule has 1 heterocycles. The number of aryl methyl sites for hydroxylation is 3. The Kier molecular flexibility index (Phi) is 4.72. The maximum atomic E-state index is 4.81. The molecule has 2 aromatic rings. The van der Waals surface area contributed by atoms with Gasteiger partial charge in [0, 0.05) is 4.88 Å². The molecule has 19 heavy (non-hydrogen) atoms. The van der Waals surface area contributed by atoms with Crippen molar-refractivity contribution in [3.05, 3.63) is 51.0 Å². The normalized spacial score (nSPS) is 12.6. The van der Waals surface area contributed by atoms with Gasteiger partial charge in [0.2, 0.25) is 0 Å². The lowest BCUT2D eigenvalue weighted by molar-refractivity contribution is 0.676. The van der Waals surface area contributed by atoms with E-state index >= 15 is 0 Å². The van der Waals surface area contributed by atoms with Crippen LogP contribution in [0.4, 0.5) is 0 Å². The summed E-state index contributed by atoms with van der Waals surface area (Å²) in [5.74, 6) is 0. The fourth-order valence-corrected chi connectivity index (χ4v) is 3.59. The SMILES string of the molecule is CCc1ccccc1C(NC)c1nc(CC)c(C)s1. The molecule has 1 unspecified atom stereocenters. The van der Waals surface area contributed by atoms with Crippen LogP contribution in [0.15, 0.2) is 24.3 Å². The molecule has 102 valence electrons. The highest BCUT2D eigenvalue weighted by molar-refractivity contribution is 7.11. The zero-order valence-corrected chi connectivity index (χ0v) is 13.0. The number of thiazole rings is 1. The highest BCUT2D eigenvalue weighted by Crippen LogP contribution is 2.30. The molecule has 0 bridgehead atoms. The number of nitrogens with one attached hydrogen (secondary N) is 1. The molecular formula is C16H22N2S. The van der Waals surface area contributed by atoms with Crippen LogP contribution < -0.4 is 5.32 Å². The third-order valence-corrected chi connectivity index (χ3v) is 4.60. The fourth-order valence-electron chi connectivity index (χ4n) is 2.45. The Bertz CT molecular complexity index is 545. The molecule has 0 aliphatic rings. The summed E-state index contributed by atoms with van der Waals surface area (Å²) in [6.45, 7) is 6.54. The van der Waals surface area contributed by atoms with Crippen LogP contribution in [0.1, 0.15) is 46.6 Å². The molecule has 0 saturated heterocycles. The molecule has 2 nitrogen and oxygen atoms in total. The summed E-state index contributed by atoms with van der Waals surface area (Å²) in [5.41, 5.74) is 3.98. The number of nitrogens with zero attached hydrogens (tertiary/aromatic N) is 1. The third kappa shape index (κ3) is 2.88. The van der Waals surface area contributed by atoms with Crippen molar-refractivity contribution >= 4 is 11.3 Å². The quantitative estimate of drug-likeness (QED) is 0.895. The standard InChI is InChI=1S/C16H22N2S/c1-5-12-9-7-8-10-13(12)15(17-4)16-18-14(6-2)11(3)19-16/h7-10,15,17H,5-6H2,1-4H3. The largest absolute Gasteiger partial charge is 0.307 e. The molecule has 0 amide bonds. The number of hydrogen-bond donors (Lipinski definition) is 1. The van der Waals surface area contributed by atoms with Crippen molar-refractivity contribution in [3.63, 3.8) is 0 Å². The molecule has 0 aliphatic carbocycles. The first-order chi connectivity index (χ1) is 9.21. The molecule has 1 aromatic carbocycles. The van der Waals surface area contributed by atoms with Gasteiger partial charge in [0.05, 0.1) is 11.7 Å². The fraction of sp³-hybridized carbons (Fsp3) is 0.438. The topological polar surface area (TPSA) is 24.9 Å². The van der Waals surface area contributed by atoms with Crippen molar-refractivity contribution < 1.29 is 0 Å². The van der Waals surface area contributed by atoms with Crippen LogP contribution in [0, 0.1) is 6.92 Å². The highest BCUT2D eigenvalue weighted by Gasteiger charge is 2.19. The Labute approximate surface area is 119 Å². The first-order valence-electron chi connectivity index (χ1n) is 6.92. The number of hydrogen-bond acceptors (Lipinski definition) is 3. The zero-order valence-electron chi connectivity index (χ0n) is 12.2. The summed E-state index contributed by atoms with van der Waals surface area (Å²) in [4.78, 5) is 6.15. The van der Waals surface area contributed by atoms with E-state index in [-0.39, 0.29) is 6.04 Å². The molecule has 0 aliphatic heterocycles. The molecule has 0 radical (unpaired) electrons. The van der Waals surface area contributed by atoms with Crippen molar-refractivity contribution in [1.82, 2.24) is 10.3 Å². The molecular weight excluding hydrogens is 252 g/mol. The predicted octanol–water partition coefficient (Wildman–Crippen LogP) is 3.89. The second-order valence-corrected chi connectivity index (χ2v) is 5.92. The summed E-state index contributed by atoms with van der Waals surface area (Å²) < 4.78 is 0. The Morgan fingerprint density at radius 1 is 1.21 bits per heavy atom. The lowest BCUT2D eigenvalue weighted by Gasteiger charge is -2.17. The number of aromatic nitrogens is 1. The van der Waals surface area contributed by atoms with Gasteiger partial charge in [-0.3, -0.25) is 0 Å². The van der Waals surface area contributed by atoms with E-state index in [0.29, 0.717) is 0 Å². The van der Waals surface area contributed by atoms with Gasteiger partial charge in [0.1, 0.15) is 5.01 Å². The van der Waals surface area contributed by atoms with Gasteiger partial charge in [0.25, 0.3) is 0 Å². The van der Waals surface area contributed by atoms with Crippen molar-refractivity contribution in [2.45, 2.75) is 39.7 Å². The molecule has 1 aromatic heterocycles.